The van der Waals surface area contributed by atoms with Crippen LogP contribution in [0.5, 0.6) is 0 Å². The second kappa shape index (κ2) is 22.7. The zero-order valence-electron chi connectivity index (χ0n) is 16.9. The summed E-state index contributed by atoms with van der Waals surface area (Å²) in [5, 5.41) is 9.87. The molecule has 1 aromatic rings. The number of hydrogen-bond acceptors (Lipinski definition) is 1. The Morgan fingerprint density at radius 2 is 1.27 bits per heavy atom. The molecule has 0 unspecified atom stereocenters. The molecule has 147 valence electrons. The zero-order valence-corrected chi connectivity index (χ0v) is 20.9. The van der Waals surface area contributed by atoms with E-state index in [0.29, 0.717) is 0 Å². The van der Waals surface area contributed by atoms with Crippen LogP contribution < -0.4 is 5.11 Å². The van der Waals surface area contributed by atoms with E-state index in [1.165, 1.54) is 38.5 Å². The molecule has 1 aliphatic carbocycles. The monoisotopic (exact) mass is 505 g/mol. The molecule has 0 spiro atoms. The van der Waals surface area contributed by atoms with Crippen molar-refractivity contribution in [1.82, 2.24) is 0 Å². The smallest absolute Gasteiger partial charge is 0.877 e. The molecule has 0 aliphatic heterocycles. The Labute approximate surface area is 180 Å². The standard InChI is InChI=1S/C6H6O.C5H5.3C4H9.Fe.Sn/c7-5-6-3-1-2-4-6;1-2-4-5-3-1;3*1-3-4-2;;/h1-5,7H;1-5H;3*1,3-4H2,2H3;;/q;-1;;;;+2;/p-1. The summed E-state index contributed by atoms with van der Waals surface area (Å²) in [6.07, 6.45) is 16.9. The molecule has 0 heterocycles. The van der Waals surface area contributed by atoms with Crippen molar-refractivity contribution in [2.24, 2.45) is 0 Å². The van der Waals surface area contributed by atoms with Crippen LogP contribution in [0, 0.1) is 0 Å². The minimum Gasteiger partial charge on any atom is -0.877 e. The molecule has 0 amide bonds. The van der Waals surface area contributed by atoms with Crippen LogP contribution in [0.2, 0.25) is 13.3 Å². The van der Waals surface area contributed by atoms with Crippen molar-refractivity contribution in [3.8, 4) is 0 Å². The van der Waals surface area contributed by atoms with Crippen molar-refractivity contribution in [3.05, 3.63) is 66.5 Å². The summed E-state index contributed by atoms with van der Waals surface area (Å²) >= 11 is -0.839. The third kappa shape index (κ3) is 18.5. The van der Waals surface area contributed by atoms with Crippen LogP contribution in [-0.4, -0.2) is 19.8 Å². The second-order valence-electron chi connectivity index (χ2n) is 6.36. The Morgan fingerprint density at radius 1 is 0.846 bits per heavy atom. The first-order valence-corrected chi connectivity index (χ1v) is 16.0. The Kier molecular flexibility index (Phi) is 24.4. The van der Waals surface area contributed by atoms with Gasteiger partial charge in [-0.15, -0.1) is 6.26 Å². The minimum absolute atomic E-state index is 0. The zero-order chi connectivity index (χ0) is 18.6. The summed E-state index contributed by atoms with van der Waals surface area (Å²) in [4.78, 5) is 0. The van der Waals surface area contributed by atoms with E-state index in [4.69, 9.17) is 0 Å². The molecule has 2 rings (SSSR count). The molecular formula is C23H37FeOSn. The van der Waals surface area contributed by atoms with E-state index >= 15 is 0 Å². The van der Waals surface area contributed by atoms with Gasteiger partial charge in [0.15, 0.2) is 0 Å². The fourth-order valence-electron chi connectivity index (χ4n) is 2.44. The fourth-order valence-corrected chi connectivity index (χ4v) is 11.9. The normalized spacial score (nSPS) is 11.3. The fraction of sp³-hybridized carbons (Fsp3) is 0.522. The molecule has 1 radical (unpaired) electrons. The molecule has 0 fully saturated rings. The van der Waals surface area contributed by atoms with E-state index in [-0.39, 0.29) is 17.1 Å². The molecule has 1 aliphatic rings. The molecule has 0 bridgehead atoms. The van der Waals surface area contributed by atoms with Crippen LogP contribution in [0.15, 0.2) is 66.5 Å². The van der Waals surface area contributed by atoms with E-state index in [0.717, 1.165) is 11.8 Å². The maximum absolute atomic E-state index is 9.87. The Morgan fingerprint density at radius 3 is 1.50 bits per heavy atom. The number of unbranched alkanes of at least 4 members (excludes halogenated alkanes) is 3. The summed E-state index contributed by atoms with van der Waals surface area (Å²) in [5.41, 5.74) is 0.750. The quantitative estimate of drug-likeness (QED) is 0.210. The molecule has 1 aromatic carbocycles. The molecule has 1 nitrogen and oxygen atoms in total. The Hall–Kier alpha value is -0.312. The van der Waals surface area contributed by atoms with Crippen LogP contribution in [0.1, 0.15) is 59.3 Å². The van der Waals surface area contributed by atoms with E-state index in [1.54, 1.807) is 25.5 Å². The van der Waals surface area contributed by atoms with Gasteiger partial charge in [0.2, 0.25) is 0 Å². The van der Waals surface area contributed by atoms with Crippen molar-refractivity contribution < 1.29 is 22.2 Å². The van der Waals surface area contributed by atoms with Crippen molar-refractivity contribution in [1.29, 1.82) is 0 Å². The predicted molar refractivity (Wildman–Crippen MR) is 113 cm³/mol. The maximum Gasteiger partial charge on any atom is 2.00 e. The number of rotatable bonds is 9. The largest absolute Gasteiger partial charge is 2.00 e. The van der Waals surface area contributed by atoms with Gasteiger partial charge in [0.05, 0.1) is 0 Å². The first-order valence-electron chi connectivity index (χ1n) is 9.95. The van der Waals surface area contributed by atoms with Gasteiger partial charge in [-0.1, -0.05) is 24.3 Å². The van der Waals surface area contributed by atoms with Gasteiger partial charge in [-0.2, -0.15) is 18.2 Å². The molecule has 26 heavy (non-hydrogen) atoms. The summed E-state index contributed by atoms with van der Waals surface area (Å²) in [5.74, 6) is 0. The minimum atomic E-state index is -0.839. The van der Waals surface area contributed by atoms with Crippen LogP contribution >= 0.6 is 0 Å². The van der Waals surface area contributed by atoms with Crippen molar-refractivity contribution >= 4 is 19.8 Å². The molecule has 0 N–H and O–H groups in total. The SMILES string of the molecule is CCC[CH2][Sn]([CH2]CCC)[CH2]CCC.[Fe+2].[O-]C=C1C=CC=C1.c1cc[cH-]c1. The Bertz CT molecular complexity index is 399. The second-order valence-corrected chi connectivity index (χ2v) is 14.9. The van der Waals surface area contributed by atoms with E-state index in [2.05, 4.69) is 20.8 Å². The molecule has 0 aromatic heterocycles. The molecule has 0 saturated carbocycles. The molecule has 0 saturated heterocycles. The topological polar surface area (TPSA) is 23.1 Å². The number of hydrogen-bond donors (Lipinski definition) is 0. The molecule has 0 atom stereocenters. The molecule has 3 heteroatoms. The third-order valence-electron chi connectivity index (χ3n) is 4.03. The summed E-state index contributed by atoms with van der Waals surface area (Å²) < 4.78 is 5.04. The summed E-state index contributed by atoms with van der Waals surface area (Å²) in [6, 6.07) is 10.0. The van der Waals surface area contributed by atoms with Crippen LogP contribution in [-0.2, 0) is 17.1 Å². The maximum atomic E-state index is 9.87. The van der Waals surface area contributed by atoms with Gasteiger partial charge < -0.3 is 5.11 Å². The Balaban J connectivity index is 0. The van der Waals surface area contributed by atoms with Crippen LogP contribution in [0.4, 0.5) is 0 Å². The van der Waals surface area contributed by atoms with Gasteiger partial charge in [-0.3, -0.25) is 0 Å². The average molecular weight is 504 g/mol. The van der Waals surface area contributed by atoms with Crippen molar-refractivity contribution in [2.75, 3.05) is 0 Å². The van der Waals surface area contributed by atoms with Crippen molar-refractivity contribution in [2.45, 2.75) is 72.6 Å². The third-order valence-corrected chi connectivity index (χ3v) is 13.1. The van der Waals surface area contributed by atoms with Gasteiger partial charge in [-0.05, 0) is 5.57 Å². The predicted octanol–water partition coefficient (Wildman–Crippen LogP) is 6.64. The summed E-state index contributed by atoms with van der Waals surface area (Å²) in [7, 11) is 0. The summed E-state index contributed by atoms with van der Waals surface area (Å²) in [6.45, 7) is 7.00. The van der Waals surface area contributed by atoms with Gasteiger partial charge in [0, 0.05) is 0 Å². The van der Waals surface area contributed by atoms with Crippen LogP contribution in [0.25, 0.3) is 0 Å². The van der Waals surface area contributed by atoms with Gasteiger partial charge in [0.25, 0.3) is 0 Å². The van der Waals surface area contributed by atoms with Gasteiger partial charge >= 0.3 is 109 Å². The van der Waals surface area contributed by atoms with E-state index in [9.17, 15) is 5.11 Å². The first kappa shape index (κ1) is 27.9. The van der Waals surface area contributed by atoms with Gasteiger partial charge in [0.1, 0.15) is 0 Å². The van der Waals surface area contributed by atoms with E-state index in [1.807, 2.05) is 42.5 Å². The van der Waals surface area contributed by atoms with Gasteiger partial charge in [-0.25, -0.2) is 12.1 Å². The molecular weight excluding hydrogens is 467 g/mol. The van der Waals surface area contributed by atoms with Crippen molar-refractivity contribution in [3.63, 3.8) is 0 Å². The number of allylic oxidation sites excluding steroid dienone is 5. The van der Waals surface area contributed by atoms with E-state index < -0.39 is 19.8 Å². The first-order chi connectivity index (χ1) is 12.3. The van der Waals surface area contributed by atoms with Crippen LogP contribution in [0.3, 0.4) is 0 Å². The average Bonchev–Trinajstić information content (AvgIpc) is 3.37.